The molecule has 0 unspecified atom stereocenters. The summed E-state index contributed by atoms with van der Waals surface area (Å²) in [6, 6.07) is 1.78. The Hall–Kier alpha value is -2.12. The number of nitrogens with zero attached hydrogens (tertiary/aromatic N) is 4. The first-order valence-corrected chi connectivity index (χ1v) is 7.96. The summed E-state index contributed by atoms with van der Waals surface area (Å²) in [5, 5.41) is 4.94. The molecule has 0 N–H and O–H groups in total. The van der Waals surface area contributed by atoms with Crippen LogP contribution in [0.15, 0.2) is 18.5 Å². The van der Waals surface area contributed by atoms with Gasteiger partial charge in [-0.15, -0.1) is 0 Å². The van der Waals surface area contributed by atoms with Crippen LogP contribution in [0.1, 0.15) is 43.1 Å². The maximum Gasteiger partial charge on any atom is 0.393 e. The second kappa shape index (κ2) is 6.07. The van der Waals surface area contributed by atoms with Gasteiger partial charge in [0.25, 0.3) is 5.91 Å². The van der Waals surface area contributed by atoms with Gasteiger partial charge in [0.1, 0.15) is 0 Å². The molecule has 130 valence electrons. The average molecular weight is 340 g/mol. The molecule has 1 aliphatic heterocycles. The Bertz CT molecular complexity index is 753. The first-order chi connectivity index (χ1) is 11.3. The fourth-order valence-corrected chi connectivity index (χ4v) is 3.05. The van der Waals surface area contributed by atoms with Gasteiger partial charge in [-0.2, -0.15) is 18.3 Å². The molecule has 0 saturated carbocycles. The lowest BCUT2D eigenvalue weighted by Gasteiger charge is -2.33. The van der Waals surface area contributed by atoms with Crippen LogP contribution in [0, 0.1) is 5.92 Å². The number of pyridine rings is 1. The number of piperidine rings is 1. The molecule has 3 rings (SSSR count). The fourth-order valence-electron chi connectivity index (χ4n) is 3.05. The highest BCUT2D eigenvalue weighted by atomic mass is 19.4. The van der Waals surface area contributed by atoms with Gasteiger partial charge in [-0.3, -0.25) is 4.79 Å². The molecular formula is C16H19F3N4O. The molecule has 1 atom stereocenters. The van der Waals surface area contributed by atoms with Crippen LogP contribution in [-0.2, 0) is 0 Å². The van der Waals surface area contributed by atoms with E-state index < -0.39 is 18.0 Å². The Morgan fingerprint density at radius 1 is 1.33 bits per heavy atom. The summed E-state index contributed by atoms with van der Waals surface area (Å²) in [6.07, 6.45) is -0.793. The highest BCUT2D eigenvalue weighted by Gasteiger charge is 2.42. The molecule has 0 bridgehead atoms. The lowest BCUT2D eigenvalue weighted by Crippen LogP contribution is -2.44. The number of aromatic nitrogens is 3. The SMILES string of the molecule is CC(C)n1ncc2cc(C(=O)N3CCC[C@@H](C(F)(F)F)C3)cnc21. The quantitative estimate of drug-likeness (QED) is 0.842. The van der Waals surface area contributed by atoms with Crippen molar-refractivity contribution in [2.24, 2.45) is 5.92 Å². The molecule has 0 aliphatic carbocycles. The van der Waals surface area contributed by atoms with Crippen molar-refractivity contribution in [1.82, 2.24) is 19.7 Å². The second-order valence-corrected chi connectivity index (χ2v) is 6.45. The number of hydrogen-bond donors (Lipinski definition) is 0. The summed E-state index contributed by atoms with van der Waals surface area (Å²) >= 11 is 0. The van der Waals surface area contributed by atoms with E-state index in [1.54, 1.807) is 16.9 Å². The topological polar surface area (TPSA) is 51.0 Å². The number of rotatable bonds is 2. The molecule has 1 amide bonds. The smallest absolute Gasteiger partial charge is 0.338 e. The van der Waals surface area contributed by atoms with Crippen LogP contribution in [0.25, 0.3) is 11.0 Å². The number of amides is 1. The zero-order valence-corrected chi connectivity index (χ0v) is 13.5. The molecule has 1 fully saturated rings. The first kappa shape index (κ1) is 16.7. The number of likely N-dealkylation sites (tertiary alicyclic amines) is 1. The van der Waals surface area contributed by atoms with Crippen LogP contribution in [0.2, 0.25) is 0 Å². The largest absolute Gasteiger partial charge is 0.393 e. The van der Waals surface area contributed by atoms with E-state index in [-0.39, 0.29) is 19.0 Å². The molecule has 3 heterocycles. The van der Waals surface area contributed by atoms with Gasteiger partial charge in [0.05, 0.1) is 17.7 Å². The molecule has 1 saturated heterocycles. The van der Waals surface area contributed by atoms with E-state index in [1.165, 1.54) is 11.1 Å². The molecular weight excluding hydrogens is 321 g/mol. The zero-order chi connectivity index (χ0) is 17.5. The van der Waals surface area contributed by atoms with Crippen LogP contribution in [0.3, 0.4) is 0 Å². The monoisotopic (exact) mass is 340 g/mol. The summed E-state index contributed by atoms with van der Waals surface area (Å²) in [4.78, 5) is 18.1. The Morgan fingerprint density at radius 3 is 2.75 bits per heavy atom. The fraction of sp³-hybridized carbons (Fsp3) is 0.562. The van der Waals surface area contributed by atoms with Gasteiger partial charge in [0.15, 0.2) is 5.65 Å². The standard InChI is InChI=1S/C16H19F3N4O/c1-10(2)23-14-11(8-21-23)6-12(7-20-14)15(24)22-5-3-4-13(9-22)16(17,18)19/h6-8,10,13H,3-5,9H2,1-2H3/t13-/m1/s1. The minimum Gasteiger partial charge on any atom is -0.338 e. The molecule has 0 radical (unpaired) electrons. The van der Waals surface area contributed by atoms with E-state index in [1.807, 2.05) is 13.8 Å². The zero-order valence-electron chi connectivity index (χ0n) is 13.5. The maximum absolute atomic E-state index is 12.9. The molecule has 8 heteroatoms. The normalized spacial score (nSPS) is 19.2. The van der Waals surface area contributed by atoms with Crippen LogP contribution in [0.4, 0.5) is 13.2 Å². The summed E-state index contributed by atoms with van der Waals surface area (Å²) in [6.45, 7) is 4.00. The minimum absolute atomic E-state index is 0.0751. The minimum atomic E-state index is -4.26. The van der Waals surface area contributed by atoms with Gasteiger partial charge in [-0.25, -0.2) is 9.67 Å². The molecule has 1 aliphatic rings. The molecule has 2 aromatic rings. The highest BCUT2D eigenvalue weighted by molar-refractivity contribution is 5.96. The van der Waals surface area contributed by atoms with Crippen molar-refractivity contribution in [2.45, 2.75) is 38.9 Å². The van der Waals surface area contributed by atoms with Gasteiger partial charge in [-0.1, -0.05) is 0 Å². The number of alkyl halides is 3. The van der Waals surface area contributed by atoms with Gasteiger partial charge >= 0.3 is 6.18 Å². The van der Waals surface area contributed by atoms with E-state index in [0.717, 1.165) is 0 Å². The third kappa shape index (κ3) is 3.09. The molecule has 2 aromatic heterocycles. The number of fused-ring (bicyclic) bond motifs is 1. The number of carbonyl (C=O) groups excluding carboxylic acids is 1. The number of hydrogen-bond acceptors (Lipinski definition) is 3. The summed E-state index contributed by atoms with van der Waals surface area (Å²) in [5.41, 5.74) is 0.960. The van der Waals surface area contributed by atoms with E-state index in [9.17, 15) is 18.0 Å². The third-order valence-corrected chi connectivity index (χ3v) is 4.34. The molecule has 0 aromatic carbocycles. The van der Waals surface area contributed by atoms with Crippen LogP contribution < -0.4 is 0 Å². The molecule has 5 nitrogen and oxygen atoms in total. The van der Waals surface area contributed by atoms with E-state index in [2.05, 4.69) is 10.1 Å². The van der Waals surface area contributed by atoms with Crippen LogP contribution >= 0.6 is 0 Å². The Morgan fingerprint density at radius 2 is 2.08 bits per heavy atom. The van der Waals surface area contributed by atoms with Crippen molar-refractivity contribution < 1.29 is 18.0 Å². The van der Waals surface area contributed by atoms with Crippen molar-refractivity contribution in [3.63, 3.8) is 0 Å². The Labute approximate surface area is 137 Å². The van der Waals surface area contributed by atoms with Gasteiger partial charge in [0, 0.05) is 30.7 Å². The third-order valence-electron chi connectivity index (χ3n) is 4.34. The molecule has 0 spiro atoms. The van der Waals surface area contributed by atoms with Crippen molar-refractivity contribution in [3.8, 4) is 0 Å². The summed E-state index contributed by atoms with van der Waals surface area (Å²) in [7, 11) is 0. The number of carbonyl (C=O) groups is 1. The number of halogens is 3. The predicted molar refractivity (Wildman–Crippen MR) is 82.6 cm³/mol. The van der Waals surface area contributed by atoms with Gasteiger partial charge in [-0.05, 0) is 32.8 Å². The van der Waals surface area contributed by atoms with E-state index in [0.29, 0.717) is 29.6 Å². The van der Waals surface area contributed by atoms with Gasteiger partial charge in [0.2, 0.25) is 0 Å². The highest BCUT2D eigenvalue weighted by Crippen LogP contribution is 2.33. The van der Waals surface area contributed by atoms with E-state index in [4.69, 9.17) is 0 Å². The van der Waals surface area contributed by atoms with Gasteiger partial charge < -0.3 is 4.90 Å². The Kier molecular flexibility index (Phi) is 4.23. The van der Waals surface area contributed by atoms with Crippen molar-refractivity contribution >= 4 is 16.9 Å². The summed E-state index contributed by atoms with van der Waals surface area (Å²) in [5.74, 6) is -1.86. The van der Waals surface area contributed by atoms with Crippen LogP contribution in [-0.4, -0.2) is 44.8 Å². The van der Waals surface area contributed by atoms with E-state index >= 15 is 0 Å². The Balaban J connectivity index is 1.83. The van der Waals surface area contributed by atoms with Crippen molar-refractivity contribution in [3.05, 3.63) is 24.0 Å². The first-order valence-electron chi connectivity index (χ1n) is 7.96. The average Bonchev–Trinajstić information content (AvgIpc) is 2.96. The lowest BCUT2D eigenvalue weighted by atomic mass is 9.97. The van der Waals surface area contributed by atoms with Crippen molar-refractivity contribution in [2.75, 3.05) is 13.1 Å². The maximum atomic E-state index is 12.9. The van der Waals surface area contributed by atoms with Crippen molar-refractivity contribution in [1.29, 1.82) is 0 Å². The predicted octanol–water partition coefficient (Wildman–Crippen LogP) is 3.43. The second-order valence-electron chi connectivity index (χ2n) is 6.45. The van der Waals surface area contributed by atoms with Crippen LogP contribution in [0.5, 0.6) is 0 Å². The lowest BCUT2D eigenvalue weighted by molar-refractivity contribution is -0.184. The molecule has 24 heavy (non-hydrogen) atoms. The summed E-state index contributed by atoms with van der Waals surface area (Å²) < 4.78 is 40.5.